The highest BCUT2D eigenvalue weighted by Gasteiger charge is 2.13. The molecule has 0 fully saturated rings. The largest absolute Gasteiger partial charge is 0.298 e. The first-order chi connectivity index (χ1) is 7.02. The van der Waals surface area contributed by atoms with Gasteiger partial charge in [-0.15, -0.1) is 0 Å². The Hall–Kier alpha value is -0.590. The molecule has 0 N–H and O–H groups in total. The van der Waals surface area contributed by atoms with Crippen LogP contribution in [0.25, 0.3) is 0 Å². The molecule has 0 radical (unpaired) electrons. The lowest BCUT2D eigenvalue weighted by atomic mass is 9.88. The first kappa shape index (κ1) is 14.4. The molecule has 0 aliphatic carbocycles. The molecule has 0 aliphatic heterocycles. The number of aldehydes is 1. The van der Waals surface area contributed by atoms with Gasteiger partial charge in [0.1, 0.15) is 6.29 Å². The van der Waals surface area contributed by atoms with Crippen LogP contribution in [0.1, 0.15) is 53.9 Å². The topological polar surface area (TPSA) is 17.1 Å². The minimum absolute atomic E-state index is 0.381. The molecule has 15 heavy (non-hydrogen) atoms. The van der Waals surface area contributed by atoms with Crippen LogP contribution in [-0.4, -0.2) is 6.29 Å². The summed E-state index contributed by atoms with van der Waals surface area (Å²) in [6, 6.07) is 0. The molecule has 1 nitrogen and oxygen atoms in total. The van der Waals surface area contributed by atoms with Gasteiger partial charge in [-0.05, 0) is 29.7 Å². The van der Waals surface area contributed by atoms with Gasteiger partial charge in [0.05, 0.1) is 0 Å². The highest BCUT2D eigenvalue weighted by atomic mass is 16.1. The summed E-state index contributed by atoms with van der Waals surface area (Å²) in [7, 11) is 0. The predicted octanol–water partition coefficient (Wildman–Crippen LogP) is 4.23. The number of rotatable bonds is 7. The molecule has 0 aromatic rings. The smallest absolute Gasteiger partial charge is 0.145 e. The van der Waals surface area contributed by atoms with E-state index in [1.165, 1.54) is 19.3 Å². The zero-order chi connectivity index (χ0) is 11.8. The average molecular weight is 210 g/mol. The number of unbranched alkanes of at least 4 members (excludes halogenated alkanes) is 1. The van der Waals surface area contributed by atoms with Crippen LogP contribution < -0.4 is 0 Å². The molecular formula is C14H26O. The zero-order valence-electron chi connectivity index (χ0n) is 10.9. The van der Waals surface area contributed by atoms with E-state index in [0.29, 0.717) is 17.8 Å². The van der Waals surface area contributed by atoms with E-state index in [1.54, 1.807) is 0 Å². The van der Waals surface area contributed by atoms with Crippen LogP contribution in [0.15, 0.2) is 11.6 Å². The highest BCUT2D eigenvalue weighted by Crippen LogP contribution is 2.21. The van der Waals surface area contributed by atoms with Crippen molar-refractivity contribution in [3.63, 3.8) is 0 Å². The van der Waals surface area contributed by atoms with Gasteiger partial charge >= 0.3 is 0 Å². The second kappa shape index (κ2) is 7.67. The van der Waals surface area contributed by atoms with Gasteiger partial charge in [0.15, 0.2) is 0 Å². The fourth-order valence-electron chi connectivity index (χ4n) is 1.62. The van der Waals surface area contributed by atoms with Gasteiger partial charge in [-0.3, -0.25) is 4.79 Å². The van der Waals surface area contributed by atoms with Crippen molar-refractivity contribution >= 4 is 6.29 Å². The van der Waals surface area contributed by atoms with Gasteiger partial charge in [0.2, 0.25) is 0 Å². The first-order valence-corrected chi connectivity index (χ1v) is 6.19. The Morgan fingerprint density at radius 1 is 1.20 bits per heavy atom. The Bertz CT molecular complexity index is 203. The first-order valence-electron chi connectivity index (χ1n) is 6.19. The lowest BCUT2D eigenvalue weighted by Crippen LogP contribution is -2.09. The van der Waals surface area contributed by atoms with E-state index in [-0.39, 0.29) is 0 Å². The normalized spacial score (nSPS) is 16.5. The van der Waals surface area contributed by atoms with Crippen LogP contribution in [0.2, 0.25) is 0 Å². The molecule has 0 spiro atoms. The van der Waals surface area contributed by atoms with Crippen molar-refractivity contribution in [2.45, 2.75) is 53.9 Å². The summed E-state index contributed by atoms with van der Waals surface area (Å²) in [5.74, 6) is 1.46. The standard InChI is InChI=1S/C14H26O/c1-6-7-8-12(4)9-14(10-15)13(5)11(2)3/h9-13H,6-8H2,1-5H3. The van der Waals surface area contributed by atoms with Crippen molar-refractivity contribution in [1.82, 2.24) is 0 Å². The maximum Gasteiger partial charge on any atom is 0.145 e. The Morgan fingerprint density at radius 3 is 2.20 bits per heavy atom. The summed E-state index contributed by atoms with van der Waals surface area (Å²) in [6.45, 7) is 10.9. The molecule has 0 bridgehead atoms. The highest BCUT2D eigenvalue weighted by molar-refractivity contribution is 5.73. The van der Waals surface area contributed by atoms with Gasteiger partial charge in [0.25, 0.3) is 0 Å². The van der Waals surface area contributed by atoms with E-state index < -0.39 is 0 Å². The summed E-state index contributed by atoms with van der Waals surface area (Å²) in [5, 5.41) is 0. The Labute approximate surface area is 95.0 Å². The van der Waals surface area contributed by atoms with Crippen molar-refractivity contribution in [2.24, 2.45) is 17.8 Å². The number of hydrogen-bond donors (Lipinski definition) is 0. The van der Waals surface area contributed by atoms with Gasteiger partial charge < -0.3 is 0 Å². The molecule has 0 amide bonds. The fraction of sp³-hybridized carbons (Fsp3) is 0.786. The van der Waals surface area contributed by atoms with Crippen LogP contribution in [0, 0.1) is 17.8 Å². The third-order valence-electron chi connectivity index (χ3n) is 3.15. The monoisotopic (exact) mass is 210 g/mol. The van der Waals surface area contributed by atoms with E-state index in [9.17, 15) is 4.79 Å². The van der Waals surface area contributed by atoms with E-state index in [2.05, 4.69) is 40.7 Å². The Morgan fingerprint density at radius 2 is 1.80 bits per heavy atom. The number of hydrogen-bond acceptors (Lipinski definition) is 1. The predicted molar refractivity (Wildman–Crippen MR) is 66.8 cm³/mol. The van der Waals surface area contributed by atoms with Gasteiger partial charge in [-0.2, -0.15) is 0 Å². The van der Waals surface area contributed by atoms with Crippen molar-refractivity contribution < 1.29 is 4.79 Å². The van der Waals surface area contributed by atoms with E-state index in [0.717, 1.165) is 11.9 Å². The Balaban J connectivity index is 4.37. The second-order valence-corrected chi connectivity index (χ2v) is 4.94. The van der Waals surface area contributed by atoms with E-state index in [1.807, 2.05) is 0 Å². The quantitative estimate of drug-likeness (QED) is 0.454. The van der Waals surface area contributed by atoms with Gasteiger partial charge in [0, 0.05) is 0 Å². The molecule has 2 unspecified atom stereocenters. The zero-order valence-corrected chi connectivity index (χ0v) is 10.9. The second-order valence-electron chi connectivity index (χ2n) is 4.94. The molecule has 0 aromatic heterocycles. The van der Waals surface area contributed by atoms with Gasteiger partial charge in [-0.1, -0.05) is 53.5 Å². The molecule has 0 saturated heterocycles. The molecule has 0 aliphatic rings. The van der Waals surface area contributed by atoms with Crippen molar-refractivity contribution in [2.75, 3.05) is 0 Å². The molecule has 1 heteroatoms. The van der Waals surface area contributed by atoms with Crippen LogP contribution >= 0.6 is 0 Å². The third-order valence-corrected chi connectivity index (χ3v) is 3.15. The summed E-state index contributed by atoms with van der Waals surface area (Å²) in [4.78, 5) is 11.0. The lowest BCUT2D eigenvalue weighted by molar-refractivity contribution is -0.105. The van der Waals surface area contributed by atoms with Crippen LogP contribution in [-0.2, 0) is 4.79 Å². The number of carbonyl (C=O) groups is 1. The SMILES string of the molecule is CCCCC(C)C=C(C=O)C(C)C(C)C. The maximum absolute atomic E-state index is 11.0. The lowest BCUT2D eigenvalue weighted by Gasteiger charge is -2.17. The summed E-state index contributed by atoms with van der Waals surface area (Å²) in [5.41, 5.74) is 0.980. The summed E-state index contributed by atoms with van der Waals surface area (Å²) >= 11 is 0. The van der Waals surface area contributed by atoms with Gasteiger partial charge in [-0.25, -0.2) is 0 Å². The van der Waals surface area contributed by atoms with Crippen LogP contribution in [0.5, 0.6) is 0 Å². The van der Waals surface area contributed by atoms with Crippen molar-refractivity contribution in [1.29, 1.82) is 0 Å². The minimum atomic E-state index is 0.381. The van der Waals surface area contributed by atoms with E-state index in [4.69, 9.17) is 0 Å². The Kier molecular flexibility index (Phi) is 7.37. The average Bonchev–Trinajstić information content (AvgIpc) is 2.21. The van der Waals surface area contributed by atoms with Crippen LogP contribution in [0.3, 0.4) is 0 Å². The fourth-order valence-corrected chi connectivity index (χ4v) is 1.62. The molecule has 0 aromatic carbocycles. The molecule has 88 valence electrons. The van der Waals surface area contributed by atoms with E-state index >= 15 is 0 Å². The van der Waals surface area contributed by atoms with Crippen LogP contribution in [0.4, 0.5) is 0 Å². The van der Waals surface area contributed by atoms with Crippen molar-refractivity contribution in [3.8, 4) is 0 Å². The minimum Gasteiger partial charge on any atom is -0.298 e. The summed E-state index contributed by atoms with van der Waals surface area (Å²) < 4.78 is 0. The number of allylic oxidation sites excluding steroid dienone is 2. The molecule has 2 atom stereocenters. The molecule has 0 heterocycles. The molecular weight excluding hydrogens is 184 g/mol. The number of carbonyl (C=O) groups excluding carboxylic acids is 1. The molecule has 0 saturated carbocycles. The third kappa shape index (κ3) is 5.76. The maximum atomic E-state index is 11.0. The van der Waals surface area contributed by atoms with Crippen molar-refractivity contribution in [3.05, 3.63) is 11.6 Å². The molecule has 0 rings (SSSR count). The summed E-state index contributed by atoms with van der Waals surface area (Å²) in [6.07, 6.45) is 6.87.